The molecule has 6 nitrogen and oxygen atoms in total. The van der Waals surface area contributed by atoms with E-state index in [0.717, 1.165) is 43.9 Å². The number of anilines is 2. The zero-order chi connectivity index (χ0) is 22.4. The number of hydrogen-bond acceptors (Lipinski definition) is 6. The molecule has 2 aromatic carbocycles. The van der Waals surface area contributed by atoms with Gasteiger partial charge in [0, 0.05) is 6.54 Å². The van der Waals surface area contributed by atoms with Crippen molar-refractivity contribution < 1.29 is 14.6 Å². The summed E-state index contributed by atoms with van der Waals surface area (Å²) in [5.74, 6) is 2.02. The van der Waals surface area contributed by atoms with E-state index in [-0.39, 0.29) is 12.0 Å². The van der Waals surface area contributed by atoms with Crippen molar-refractivity contribution in [1.82, 2.24) is 4.90 Å². The molecule has 0 spiro atoms. The first kappa shape index (κ1) is 23.2. The summed E-state index contributed by atoms with van der Waals surface area (Å²) in [5, 5.41) is 10.5. The molecule has 0 bridgehead atoms. The molecule has 0 saturated carbocycles. The topological polar surface area (TPSA) is 94.0 Å². The lowest BCUT2D eigenvalue weighted by molar-refractivity contribution is 0.0505. The monoisotopic (exact) mass is 427 g/mol. The van der Waals surface area contributed by atoms with Crippen LogP contribution in [0.25, 0.3) is 0 Å². The van der Waals surface area contributed by atoms with Gasteiger partial charge in [0.1, 0.15) is 24.2 Å². The number of nitrogens with two attached hydrogens (primary N) is 2. The number of piperidine rings is 1. The van der Waals surface area contributed by atoms with Gasteiger partial charge < -0.3 is 30.9 Å². The molecule has 1 heterocycles. The molecule has 0 aromatic heterocycles. The number of benzene rings is 2. The molecule has 0 amide bonds. The van der Waals surface area contributed by atoms with Crippen LogP contribution in [0.4, 0.5) is 11.4 Å². The molecule has 3 rings (SSSR count). The second-order valence-corrected chi connectivity index (χ2v) is 9.56. The second-order valence-electron chi connectivity index (χ2n) is 9.56. The molecule has 1 aliphatic heterocycles. The molecule has 0 aliphatic carbocycles. The highest BCUT2D eigenvalue weighted by atomic mass is 16.5. The predicted octanol–water partition coefficient (Wildman–Crippen LogP) is 3.68. The van der Waals surface area contributed by atoms with E-state index in [1.54, 1.807) is 0 Å². The Bertz CT molecular complexity index is 828. The Balaban J connectivity index is 1.43. The van der Waals surface area contributed by atoms with Gasteiger partial charge in [0.15, 0.2) is 0 Å². The molecule has 1 aliphatic rings. The highest BCUT2D eigenvalue weighted by Crippen LogP contribution is 2.34. The van der Waals surface area contributed by atoms with E-state index in [1.165, 1.54) is 0 Å². The van der Waals surface area contributed by atoms with Crippen molar-refractivity contribution in [3.05, 3.63) is 48.0 Å². The van der Waals surface area contributed by atoms with Gasteiger partial charge >= 0.3 is 0 Å². The Hall–Kier alpha value is -2.44. The van der Waals surface area contributed by atoms with E-state index in [9.17, 15) is 5.11 Å². The van der Waals surface area contributed by atoms with Gasteiger partial charge in [-0.25, -0.2) is 0 Å². The van der Waals surface area contributed by atoms with E-state index >= 15 is 0 Å². The zero-order valence-electron chi connectivity index (χ0n) is 19.0. The normalized spacial score (nSPS) is 16.8. The molecular weight excluding hydrogens is 390 g/mol. The van der Waals surface area contributed by atoms with E-state index in [2.05, 4.69) is 25.7 Å². The predicted molar refractivity (Wildman–Crippen MR) is 127 cm³/mol. The first-order valence-corrected chi connectivity index (χ1v) is 11.1. The van der Waals surface area contributed by atoms with Gasteiger partial charge in [0.05, 0.1) is 18.0 Å². The van der Waals surface area contributed by atoms with Gasteiger partial charge in [0.2, 0.25) is 0 Å². The maximum Gasteiger partial charge on any atom is 0.144 e. The lowest BCUT2D eigenvalue weighted by Crippen LogP contribution is -2.41. The van der Waals surface area contributed by atoms with Gasteiger partial charge in [-0.3, -0.25) is 0 Å². The number of hydrogen-bond donors (Lipinski definition) is 3. The van der Waals surface area contributed by atoms with Crippen molar-refractivity contribution in [2.45, 2.75) is 45.1 Å². The minimum atomic E-state index is -0.587. The first-order chi connectivity index (χ1) is 14.7. The number of likely N-dealkylation sites (tertiary alicyclic amines) is 1. The summed E-state index contributed by atoms with van der Waals surface area (Å²) in [6.07, 6.45) is 1.55. The van der Waals surface area contributed by atoms with Crippen LogP contribution in [-0.4, -0.2) is 49.0 Å². The Kier molecular flexibility index (Phi) is 7.68. The van der Waals surface area contributed by atoms with Gasteiger partial charge in [-0.15, -0.1) is 0 Å². The molecule has 5 N–H and O–H groups in total. The van der Waals surface area contributed by atoms with Gasteiger partial charge in [-0.05, 0) is 67.1 Å². The fourth-order valence-electron chi connectivity index (χ4n) is 3.80. The molecule has 1 fully saturated rings. The minimum Gasteiger partial charge on any atom is -0.493 e. The zero-order valence-corrected chi connectivity index (χ0v) is 19.0. The number of aliphatic hydroxyl groups is 1. The number of para-hydroxylation sites is 1. The van der Waals surface area contributed by atoms with Crippen LogP contribution in [0, 0.1) is 5.92 Å². The van der Waals surface area contributed by atoms with Crippen molar-refractivity contribution in [1.29, 1.82) is 0 Å². The average molecular weight is 428 g/mol. The Morgan fingerprint density at radius 1 is 1.06 bits per heavy atom. The lowest BCUT2D eigenvalue weighted by atomic mass is 9.86. The van der Waals surface area contributed by atoms with E-state index in [4.69, 9.17) is 20.9 Å². The van der Waals surface area contributed by atoms with E-state index in [1.807, 2.05) is 42.5 Å². The lowest BCUT2D eigenvalue weighted by Gasteiger charge is -2.33. The standard InChI is InChI=1S/C25H37N3O3/c1-25(2,3)19-13-22(26)24(27)23(14-19)31-17-20(29)15-28-11-9-18(10-12-28)16-30-21-7-5-4-6-8-21/h4-8,13-14,18,20,29H,9-12,15-17,26-27H2,1-3H3. The third kappa shape index (κ3) is 6.77. The molecule has 1 atom stereocenters. The van der Waals surface area contributed by atoms with Crippen molar-refractivity contribution in [2.75, 3.05) is 44.3 Å². The molecule has 6 heteroatoms. The third-order valence-electron chi connectivity index (χ3n) is 5.88. The summed E-state index contributed by atoms with van der Waals surface area (Å²) in [7, 11) is 0. The minimum absolute atomic E-state index is 0.0624. The van der Waals surface area contributed by atoms with Crippen LogP contribution in [-0.2, 0) is 5.41 Å². The van der Waals surface area contributed by atoms with Crippen LogP contribution in [0.2, 0.25) is 0 Å². The van der Waals surface area contributed by atoms with E-state index in [0.29, 0.717) is 29.6 Å². The largest absolute Gasteiger partial charge is 0.493 e. The summed E-state index contributed by atoms with van der Waals surface area (Å²) in [4.78, 5) is 2.29. The summed E-state index contributed by atoms with van der Waals surface area (Å²) in [6.45, 7) is 9.77. The average Bonchev–Trinajstić information content (AvgIpc) is 2.74. The van der Waals surface area contributed by atoms with Crippen molar-refractivity contribution in [2.24, 2.45) is 5.92 Å². The number of ether oxygens (including phenoxy) is 2. The Morgan fingerprint density at radius 2 is 1.74 bits per heavy atom. The quantitative estimate of drug-likeness (QED) is 0.557. The molecule has 31 heavy (non-hydrogen) atoms. The van der Waals surface area contributed by atoms with Crippen molar-refractivity contribution in [3.8, 4) is 11.5 Å². The van der Waals surface area contributed by atoms with Crippen LogP contribution in [0.15, 0.2) is 42.5 Å². The summed E-state index contributed by atoms with van der Waals surface area (Å²) >= 11 is 0. The van der Waals surface area contributed by atoms with Gasteiger partial charge in [-0.2, -0.15) is 0 Å². The van der Waals surface area contributed by atoms with Gasteiger partial charge in [0.25, 0.3) is 0 Å². The Morgan fingerprint density at radius 3 is 2.39 bits per heavy atom. The second kappa shape index (κ2) is 10.2. The number of nitrogen functional groups attached to an aromatic ring is 2. The number of nitrogens with zero attached hydrogens (tertiary/aromatic N) is 1. The van der Waals surface area contributed by atoms with Crippen molar-refractivity contribution in [3.63, 3.8) is 0 Å². The first-order valence-electron chi connectivity index (χ1n) is 11.1. The fraction of sp³-hybridized carbons (Fsp3) is 0.520. The maximum absolute atomic E-state index is 10.5. The summed E-state index contributed by atoms with van der Waals surface area (Å²) < 4.78 is 11.8. The SMILES string of the molecule is CC(C)(C)c1cc(N)c(N)c(OCC(O)CN2CCC(COc3ccccc3)CC2)c1. The molecular formula is C25H37N3O3. The van der Waals surface area contributed by atoms with Crippen LogP contribution >= 0.6 is 0 Å². The highest BCUT2D eigenvalue weighted by Gasteiger charge is 2.23. The van der Waals surface area contributed by atoms with E-state index < -0.39 is 6.10 Å². The van der Waals surface area contributed by atoms with Crippen molar-refractivity contribution >= 4 is 11.4 Å². The molecule has 2 aromatic rings. The number of β-amino-alcohol motifs (C(OH)–C–C–N with tert-alkyl or cyclic N) is 1. The molecule has 170 valence electrons. The van der Waals surface area contributed by atoms with Crippen LogP contribution in [0.3, 0.4) is 0 Å². The fourth-order valence-corrected chi connectivity index (χ4v) is 3.80. The Labute approximate surface area is 186 Å². The number of rotatable bonds is 8. The van der Waals surface area contributed by atoms with Gasteiger partial charge in [-0.1, -0.05) is 39.0 Å². The van der Waals surface area contributed by atoms with Crippen LogP contribution < -0.4 is 20.9 Å². The smallest absolute Gasteiger partial charge is 0.144 e. The van der Waals surface area contributed by atoms with Crippen LogP contribution in [0.1, 0.15) is 39.2 Å². The molecule has 1 unspecified atom stereocenters. The third-order valence-corrected chi connectivity index (χ3v) is 5.88. The number of aliphatic hydroxyl groups excluding tert-OH is 1. The highest BCUT2D eigenvalue weighted by molar-refractivity contribution is 5.72. The maximum atomic E-state index is 10.5. The molecule has 0 radical (unpaired) electrons. The van der Waals surface area contributed by atoms with Crippen LogP contribution in [0.5, 0.6) is 11.5 Å². The summed E-state index contributed by atoms with van der Waals surface area (Å²) in [6, 6.07) is 13.8. The summed E-state index contributed by atoms with van der Waals surface area (Å²) in [5.41, 5.74) is 14.1. The molecule has 1 saturated heterocycles.